The van der Waals surface area contributed by atoms with Gasteiger partial charge in [0.05, 0.1) is 5.56 Å². The van der Waals surface area contributed by atoms with Crippen LogP contribution in [0, 0.1) is 5.82 Å². The number of hydrogen-bond donors (Lipinski definition) is 1. The number of hydrogen-bond acceptors (Lipinski definition) is 3. The van der Waals surface area contributed by atoms with Crippen LogP contribution >= 0.6 is 11.3 Å². The molecule has 0 aliphatic carbocycles. The summed E-state index contributed by atoms with van der Waals surface area (Å²) in [7, 11) is 0. The highest BCUT2D eigenvalue weighted by Gasteiger charge is 2.31. The molecule has 1 aromatic heterocycles. The van der Waals surface area contributed by atoms with Gasteiger partial charge in [-0.15, -0.1) is 11.3 Å². The third-order valence-corrected chi connectivity index (χ3v) is 3.76. The Morgan fingerprint density at radius 3 is 2.57 bits per heavy atom. The minimum Gasteiger partial charge on any atom is -0.310 e. The maximum absolute atomic E-state index is 13.4. The third kappa shape index (κ3) is 4.25. The van der Waals surface area contributed by atoms with Crippen molar-refractivity contribution in [2.24, 2.45) is 0 Å². The minimum atomic E-state index is -4.57. The van der Waals surface area contributed by atoms with Gasteiger partial charge in [-0.25, -0.2) is 9.37 Å². The van der Waals surface area contributed by atoms with Gasteiger partial charge in [-0.2, -0.15) is 13.2 Å². The predicted molar refractivity (Wildman–Crippen MR) is 74.5 cm³/mol. The Labute approximate surface area is 123 Å². The number of aromatic nitrogens is 1. The SMILES string of the molecule is CC(C)NCc1cnc(-c2cc(F)cc(C(F)(F)F)c2)s1. The summed E-state index contributed by atoms with van der Waals surface area (Å²) in [4.78, 5) is 4.96. The zero-order valence-electron chi connectivity index (χ0n) is 11.5. The molecule has 0 bridgehead atoms. The quantitative estimate of drug-likeness (QED) is 0.842. The first kappa shape index (κ1) is 15.9. The van der Waals surface area contributed by atoms with Crippen molar-refractivity contribution in [2.45, 2.75) is 32.6 Å². The van der Waals surface area contributed by atoms with Crippen LogP contribution in [0.2, 0.25) is 0 Å². The van der Waals surface area contributed by atoms with Gasteiger partial charge in [-0.3, -0.25) is 0 Å². The molecule has 0 unspecified atom stereocenters. The van der Waals surface area contributed by atoms with Crippen molar-refractivity contribution in [3.63, 3.8) is 0 Å². The van der Waals surface area contributed by atoms with Crippen LogP contribution in [0.3, 0.4) is 0 Å². The molecule has 0 amide bonds. The highest BCUT2D eigenvalue weighted by atomic mass is 32.1. The fourth-order valence-electron chi connectivity index (χ4n) is 1.70. The molecule has 0 saturated heterocycles. The van der Waals surface area contributed by atoms with Crippen LogP contribution in [0.1, 0.15) is 24.3 Å². The van der Waals surface area contributed by atoms with Crippen molar-refractivity contribution in [1.82, 2.24) is 10.3 Å². The topological polar surface area (TPSA) is 24.9 Å². The lowest BCUT2D eigenvalue weighted by Gasteiger charge is -2.08. The number of nitrogens with zero attached hydrogens (tertiary/aromatic N) is 1. The summed E-state index contributed by atoms with van der Waals surface area (Å²) in [5.74, 6) is -0.920. The summed E-state index contributed by atoms with van der Waals surface area (Å²) in [5.41, 5.74) is -0.863. The van der Waals surface area contributed by atoms with E-state index in [2.05, 4.69) is 10.3 Å². The molecular weight excluding hydrogens is 304 g/mol. The molecule has 114 valence electrons. The zero-order valence-corrected chi connectivity index (χ0v) is 12.3. The Bertz CT molecular complexity index is 620. The first-order chi connectivity index (χ1) is 9.75. The van der Waals surface area contributed by atoms with Crippen molar-refractivity contribution in [2.75, 3.05) is 0 Å². The molecule has 2 nitrogen and oxygen atoms in total. The van der Waals surface area contributed by atoms with E-state index in [1.54, 1.807) is 6.20 Å². The average Bonchev–Trinajstić information content (AvgIpc) is 2.83. The summed E-state index contributed by atoms with van der Waals surface area (Å²) in [5, 5.41) is 3.57. The normalized spacial score (nSPS) is 12.1. The Balaban J connectivity index is 2.28. The van der Waals surface area contributed by atoms with E-state index in [1.165, 1.54) is 11.3 Å². The predicted octanol–water partition coefficient (Wildman–Crippen LogP) is 4.47. The van der Waals surface area contributed by atoms with Gasteiger partial charge < -0.3 is 5.32 Å². The van der Waals surface area contributed by atoms with Crippen molar-refractivity contribution in [3.8, 4) is 10.6 Å². The molecule has 0 fully saturated rings. The highest BCUT2D eigenvalue weighted by Crippen LogP contribution is 2.34. The van der Waals surface area contributed by atoms with Gasteiger partial charge in [0.1, 0.15) is 10.8 Å². The molecular formula is C14H14F4N2S. The molecule has 21 heavy (non-hydrogen) atoms. The Hall–Kier alpha value is -1.47. The molecule has 2 aromatic rings. The van der Waals surface area contributed by atoms with Crippen LogP contribution in [0.25, 0.3) is 10.6 Å². The molecule has 0 aliphatic rings. The molecule has 0 radical (unpaired) electrons. The van der Waals surface area contributed by atoms with E-state index in [-0.39, 0.29) is 5.56 Å². The van der Waals surface area contributed by atoms with Crippen molar-refractivity contribution < 1.29 is 17.6 Å². The average molecular weight is 318 g/mol. The van der Waals surface area contributed by atoms with Crippen LogP contribution in [0.15, 0.2) is 24.4 Å². The lowest BCUT2D eigenvalue weighted by Crippen LogP contribution is -2.21. The van der Waals surface area contributed by atoms with E-state index >= 15 is 0 Å². The monoisotopic (exact) mass is 318 g/mol. The van der Waals surface area contributed by atoms with E-state index in [9.17, 15) is 17.6 Å². The summed E-state index contributed by atoms with van der Waals surface area (Å²) < 4.78 is 51.4. The van der Waals surface area contributed by atoms with Gasteiger partial charge in [0.25, 0.3) is 0 Å². The number of nitrogens with one attached hydrogen (secondary N) is 1. The molecule has 1 heterocycles. The van der Waals surface area contributed by atoms with Gasteiger partial charge in [0, 0.05) is 29.2 Å². The fraction of sp³-hybridized carbons (Fsp3) is 0.357. The Kier molecular flexibility index (Phi) is 4.63. The molecule has 0 saturated carbocycles. The molecule has 1 aromatic carbocycles. The zero-order chi connectivity index (χ0) is 15.6. The van der Waals surface area contributed by atoms with Crippen molar-refractivity contribution in [3.05, 3.63) is 40.7 Å². The van der Waals surface area contributed by atoms with Gasteiger partial charge in [0.15, 0.2) is 0 Å². The second-order valence-corrected chi connectivity index (χ2v) is 6.01. The van der Waals surface area contributed by atoms with Crippen LogP contribution in [0.4, 0.5) is 17.6 Å². The maximum Gasteiger partial charge on any atom is 0.416 e. The van der Waals surface area contributed by atoms with Gasteiger partial charge in [-0.1, -0.05) is 13.8 Å². The molecule has 0 aliphatic heterocycles. The summed E-state index contributed by atoms with van der Waals surface area (Å²) >= 11 is 1.25. The Morgan fingerprint density at radius 1 is 1.24 bits per heavy atom. The van der Waals surface area contributed by atoms with Crippen LogP contribution in [0.5, 0.6) is 0 Å². The number of rotatable bonds is 4. The molecule has 0 atom stereocenters. The molecule has 0 spiro atoms. The summed E-state index contributed by atoms with van der Waals surface area (Å²) in [6.07, 6.45) is -2.98. The van der Waals surface area contributed by atoms with Crippen molar-refractivity contribution >= 4 is 11.3 Å². The first-order valence-corrected chi connectivity index (χ1v) is 7.13. The van der Waals surface area contributed by atoms with Gasteiger partial charge >= 0.3 is 6.18 Å². The van der Waals surface area contributed by atoms with E-state index in [0.717, 1.165) is 17.0 Å². The lowest BCUT2D eigenvalue weighted by atomic mass is 10.1. The second kappa shape index (κ2) is 6.11. The third-order valence-electron chi connectivity index (χ3n) is 2.71. The molecule has 7 heteroatoms. The standard InChI is InChI=1S/C14H14F4N2S/c1-8(2)19-6-12-7-20-13(21-12)9-3-10(14(16,17)18)5-11(15)4-9/h3-5,7-8,19H,6H2,1-2H3. The van der Waals surface area contributed by atoms with E-state index < -0.39 is 17.6 Å². The number of thiazole rings is 1. The van der Waals surface area contributed by atoms with Crippen LogP contribution in [-0.4, -0.2) is 11.0 Å². The van der Waals surface area contributed by atoms with E-state index in [0.29, 0.717) is 23.7 Å². The second-order valence-electron chi connectivity index (χ2n) is 4.89. The lowest BCUT2D eigenvalue weighted by molar-refractivity contribution is -0.137. The van der Waals surface area contributed by atoms with Crippen molar-refractivity contribution in [1.29, 1.82) is 0 Å². The maximum atomic E-state index is 13.4. The first-order valence-electron chi connectivity index (χ1n) is 6.32. The number of halogens is 4. The van der Waals surface area contributed by atoms with Gasteiger partial charge in [0.2, 0.25) is 0 Å². The summed E-state index contributed by atoms with van der Waals surface area (Å²) in [6, 6.07) is 2.76. The van der Waals surface area contributed by atoms with Gasteiger partial charge in [-0.05, 0) is 18.2 Å². The van der Waals surface area contributed by atoms with Crippen LogP contribution < -0.4 is 5.32 Å². The van der Waals surface area contributed by atoms with E-state index in [4.69, 9.17) is 0 Å². The smallest absolute Gasteiger partial charge is 0.310 e. The highest BCUT2D eigenvalue weighted by molar-refractivity contribution is 7.15. The van der Waals surface area contributed by atoms with E-state index in [1.807, 2.05) is 13.8 Å². The largest absolute Gasteiger partial charge is 0.416 e. The number of benzene rings is 1. The van der Waals surface area contributed by atoms with Crippen LogP contribution in [-0.2, 0) is 12.7 Å². The summed E-state index contributed by atoms with van der Waals surface area (Å²) in [6.45, 7) is 4.56. The Morgan fingerprint density at radius 2 is 1.95 bits per heavy atom. The fourth-order valence-corrected chi connectivity index (χ4v) is 2.55. The minimum absolute atomic E-state index is 0.142. The molecule has 1 N–H and O–H groups in total. The number of alkyl halides is 3. The molecule has 2 rings (SSSR count).